The summed E-state index contributed by atoms with van der Waals surface area (Å²) in [4.78, 5) is 21.2. The Kier molecular flexibility index (Phi) is 3.24. The lowest BCUT2D eigenvalue weighted by molar-refractivity contribution is 0.0949. The number of fused-ring (bicyclic) bond motifs is 1. The number of rotatable bonds is 4. The molecule has 0 aliphatic rings. The van der Waals surface area contributed by atoms with Gasteiger partial charge in [-0.2, -0.15) is 0 Å². The van der Waals surface area contributed by atoms with E-state index in [1.54, 1.807) is 35.7 Å². The summed E-state index contributed by atoms with van der Waals surface area (Å²) in [6.45, 7) is 0.556. The molecule has 0 bridgehead atoms. The zero-order valence-electron chi connectivity index (χ0n) is 10.1. The second-order valence-corrected chi connectivity index (χ2v) is 4.92. The van der Waals surface area contributed by atoms with E-state index in [0.29, 0.717) is 18.7 Å². The first-order valence-electron chi connectivity index (χ1n) is 5.93. The molecule has 0 fully saturated rings. The minimum Gasteiger partial charge on any atom is -0.350 e. The number of imidazole rings is 1. The van der Waals surface area contributed by atoms with Gasteiger partial charge in [0.1, 0.15) is 5.69 Å². The molecule has 0 saturated heterocycles. The van der Waals surface area contributed by atoms with Gasteiger partial charge in [0.2, 0.25) is 0 Å². The molecule has 1 amide bonds. The van der Waals surface area contributed by atoms with E-state index < -0.39 is 0 Å². The van der Waals surface area contributed by atoms with Crippen LogP contribution < -0.4 is 5.32 Å². The van der Waals surface area contributed by atoms with E-state index in [2.05, 4.69) is 15.3 Å². The number of nitrogens with one attached hydrogen (secondary N) is 1. The van der Waals surface area contributed by atoms with Gasteiger partial charge in [-0.1, -0.05) is 6.07 Å². The Hall–Kier alpha value is -2.21. The molecule has 0 atom stereocenters. The van der Waals surface area contributed by atoms with E-state index in [0.717, 1.165) is 10.7 Å². The van der Waals surface area contributed by atoms with Crippen molar-refractivity contribution in [1.82, 2.24) is 19.7 Å². The fraction of sp³-hybridized carbons (Fsp3) is 0.154. The molecule has 3 aromatic rings. The minimum absolute atomic E-state index is 0.151. The number of pyridine rings is 1. The van der Waals surface area contributed by atoms with Gasteiger partial charge in [0.05, 0.1) is 5.69 Å². The van der Waals surface area contributed by atoms with Crippen LogP contribution in [0.5, 0.6) is 0 Å². The summed E-state index contributed by atoms with van der Waals surface area (Å²) in [5.74, 6) is -0.151. The largest absolute Gasteiger partial charge is 0.350 e. The highest BCUT2D eigenvalue weighted by molar-refractivity contribution is 7.15. The third-order valence-electron chi connectivity index (χ3n) is 2.71. The topological polar surface area (TPSA) is 59.3 Å². The van der Waals surface area contributed by atoms with E-state index in [1.165, 1.54) is 0 Å². The van der Waals surface area contributed by atoms with Crippen LogP contribution in [0.25, 0.3) is 4.96 Å². The van der Waals surface area contributed by atoms with Gasteiger partial charge in [-0.15, -0.1) is 11.3 Å². The molecule has 3 rings (SSSR count). The molecule has 0 spiro atoms. The number of hydrogen-bond donors (Lipinski definition) is 1. The van der Waals surface area contributed by atoms with Crippen LogP contribution >= 0.6 is 11.3 Å². The maximum atomic E-state index is 11.8. The second kappa shape index (κ2) is 5.19. The average molecular weight is 272 g/mol. The fourth-order valence-corrected chi connectivity index (χ4v) is 2.51. The lowest BCUT2D eigenvalue weighted by Gasteiger charge is -2.02. The molecule has 19 heavy (non-hydrogen) atoms. The maximum absolute atomic E-state index is 11.8. The van der Waals surface area contributed by atoms with Crippen LogP contribution in [0.1, 0.15) is 16.2 Å². The van der Waals surface area contributed by atoms with Gasteiger partial charge < -0.3 is 5.32 Å². The summed E-state index contributed by atoms with van der Waals surface area (Å²) in [5, 5.41) is 4.83. The van der Waals surface area contributed by atoms with Crippen molar-refractivity contribution >= 4 is 22.2 Å². The van der Waals surface area contributed by atoms with E-state index in [-0.39, 0.29) is 5.91 Å². The predicted octanol–water partition coefficient (Wildman–Crippen LogP) is 1.76. The van der Waals surface area contributed by atoms with Crippen LogP contribution in [0, 0.1) is 0 Å². The van der Waals surface area contributed by atoms with Crippen LogP contribution in [0.4, 0.5) is 0 Å². The van der Waals surface area contributed by atoms with Crippen molar-refractivity contribution in [2.24, 2.45) is 0 Å². The first kappa shape index (κ1) is 11.9. The number of thiazole rings is 1. The van der Waals surface area contributed by atoms with Gasteiger partial charge in [0.15, 0.2) is 4.96 Å². The highest BCUT2D eigenvalue weighted by Gasteiger charge is 2.06. The Labute approximate surface area is 113 Å². The van der Waals surface area contributed by atoms with E-state index in [1.807, 2.05) is 22.2 Å². The van der Waals surface area contributed by atoms with Crippen molar-refractivity contribution in [3.05, 3.63) is 53.6 Å². The second-order valence-electron chi connectivity index (χ2n) is 4.05. The van der Waals surface area contributed by atoms with Gasteiger partial charge >= 0.3 is 0 Å². The van der Waals surface area contributed by atoms with Crippen LogP contribution in [-0.4, -0.2) is 26.8 Å². The maximum Gasteiger partial charge on any atom is 0.269 e. The van der Waals surface area contributed by atoms with E-state index in [9.17, 15) is 4.79 Å². The third kappa shape index (κ3) is 2.63. The van der Waals surface area contributed by atoms with Crippen LogP contribution in [0.15, 0.2) is 42.2 Å². The van der Waals surface area contributed by atoms with Crippen molar-refractivity contribution in [1.29, 1.82) is 0 Å². The number of carbonyl (C=O) groups is 1. The smallest absolute Gasteiger partial charge is 0.269 e. The number of aromatic nitrogens is 3. The fourth-order valence-electron chi connectivity index (χ4n) is 1.79. The lowest BCUT2D eigenvalue weighted by atomic mass is 10.3. The van der Waals surface area contributed by atoms with E-state index >= 15 is 0 Å². The highest BCUT2D eigenvalue weighted by Crippen LogP contribution is 2.11. The Morgan fingerprint density at radius 3 is 3.16 bits per heavy atom. The highest BCUT2D eigenvalue weighted by atomic mass is 32.1. The Morgan fingerprint density at radius 1 is 1.42 bits per heavy atom. The van der Waals surface area contributed by atoms with Crippen molar-refractivity contribution in [3.8, 4) is 0 Å². The summed E-state index contributed by atoms with van der Waals surface area (Å²) in [6.07, 6.45) is 6.28. The van der Waals surface area contributed by atoms with Crippen molar-refractivity contribution < 1.29 is 4.79 Å². The number of nitrogens with zero attached hydrogens (tertiary/aromatic N) is 3. The lowest BCUT2D eigenvalue weighted by Crippen LogP contribution is -2.26. The molecule has 0 aliphatic carbocycles. The molecule has 0 saturated carbocycles. The molecule has 1 N–H and O–H groups in total. The zero-order valence-corrected chi connectivity index (χ0v) is 10.9. The van der Waals surface area contributed by atoms with Crippen molar-refractivity contribution in [2.45, 2.75) is 6.42 Å². The minimum atomic E-state index is -0.151. The summed E-state index contributed by atoms with van der Waals surface area (Å²) in [5.41, 5.74) is 1.42. The molecular weight excluding hydrogens is 260 g/mol. The molecule has 0 aromatic carbocycles. The van der Waals surface area contributed by atoms with Gasteiger partial charge in [-0.3, -0.25) is 14.2 Å². The monoisotopic (exact) mass is 272 g/mol. The Bertz CT molecular complexity index is 660. The SMILES string of the molecule is O=C(NCCc1cn2ccsc2n1)c1ccccn1. The normalized spacial score (nSPS) is 10.7. The quantitative estimate of drug-likeness (QED) is 0.787. The van der Waals surface area contributed by atoms with Crippen molar-refractivity contribution in [3.63, 3.8) is 0 Å². The number of hydrogen-bond acceptors (Lipinski definition) is 4. The standard InChI is InChI=1S/C13H12N4OS/c18-12(11-3-1-2-5-14-11)15-6-4-10-9-17-7-8-19-13(17)16-10/h1-3,5,7-9H,4,6H2,(H,15,18). The zero-order chi connectivity index (χ0) is 13.1. The summed E-state index contributed by atoms with van der Waals surface area (Å²) < 4.78 is 1.99. The summed E-state index contributed by atoms with van der Waals surface area (Å²) in [6, 6.07) is 5.28. The predicted molar refractivity (Wildman–Crippen MR) is 73.3 cm³/mol. The third-order valence-corrected chi connectivity index (χ3v) is 3.48. The van der Waals surface area contributed by atoms with Gasteiger partial charge in [-0.25, -0.2) is 4.98 Å². The van der Waals surface area contributed by atoms with E-state index in [4.69, 9.17) is 0 Å². The molecule has 0 aliphatic heterocycles. The van der Waals surface area contributed by atoms with Crippen LogP contribution in [-0.2, 0) is 6.42 Å². The molecule has 3 aromatic heterocycles. The number of amides is 1. The molecule has 96 valence electrons. The average Bonchev–Trinajstić information content (AvgIpc) is 3.00. The first-order chi connectivity index (χ1) is 9.33. The van der Waals surface area contributed by atoms with Gasteiger partial charge in [-0.05, 0) is 12.1 Å². The molecule has 3 heterocycles. The summed E-state index contributed by atoms with van der Waals surface area (Å²) >= 11 is 1.60. The Balaban J connectivity index is 1.56. The molecule has 0 radical (unpaired) electrons. The van der Waals surface area contributed by atoms with Crippen molar-refractivity contribution in [2.75, 3.05) is 6.54 Å². The molecule has 6 heteroatoms. The first-order valence-corrected chi connectivity index (χ1v) is 6.81. The van der Waals surface area contributed by atoms with Crippen LogP contribution in [0.2, 0.25) is 0 Å². The Morgan fingerprint density at radius 2 is 2.37 bits per heavy atom. The van der Waals surface area contributed by atoms with Gasteiger partial charge in [0, 0.05) is 36.9 Å². The number of carbonyl (C=O) groups excluding carboxylic acids is 1. The molecule has 5 nitrogen and oxygen atoms in total. The molecule has 0 unspecified atom stereocenters. The van der Waals surface area contributed by atoms with Gasteiger partial charge in [0.25, 0.3) is 5.91 Å². The summed E-state index contributed by atoms with van der Waals surface area (Å²) in [7, 11) is 0. The van der Waals surface area contributed by atoms with Crippen LogP contribution in [0.3, 0.4) is 0 Å². The molecular formula is C13H12N4OS.